The fraction of sp³-hybridized carbons (Fsp3) is 0.0556. The first-order valence-electron chi connectivity index (χ1n) is 7.85. The number of methoxy groups -OCH3 is 1. The average Bonchev–Trinajstić information content (AvgIpc) is 3.12. The number of carbonyl (C=O) groups is 1. The molecule has 4 rings (SSSR count). The maximum atomic E-state index is 11.2. The molecule has 0 saturated heterocycles. The van der Waals surface area contributed by atoms with Gasteiger partial charge in [0.05, 0.1) is 7.11 Å². The van der Waals surface area contributed by atoms with Crippen LogP contribution in [0.4, 0.5) is 11.5 Å². The Kier molecular flexibility index (Phi) is 4.53. The third kappa shape index (κ3) is 3.64. The predicted octanol–water partition coefficient (Wildman–Crippen LogP) is 2.59. The topological polar surface area (TPSA) is 110 Å². The Labute approximate surface area is 159 Å². The van der Waals surface area contributed by atoms with Crippen molar-refractivity contribution < 1.29 is 14.6 Å². The zero-order chi connectivity index (χ0) is 18.8. The van der Waals surface area contributed by atoms with Gasteiger partial charge in [0.15, 0.2) is 0 Å². The van der Waals surface area contributed by atoms with Crippen molar-refractivity contribution in [3.8, 4) is 17.3 Å². The van der Waals surface area contributed by atoms with Gasteiger partial charge in [0.25, 0.3) is 0 Å². The van der Waals surface area contributed by atoms with Gasteiger partial charge in [0, 0.05) is 0 Å². The number of carboxylic acid groups (broad SMARTS) is 1. The molecule has 0 amide bonds. The predicted molar refractivity (Wildman–Crippen MR) is 101 cm³/mol. The van der Waals surface area contributed by atoms with Crippen LogP contribution in [-0.4, -0.2) is 52.6 Å². The third-order valence-corrected chi connectivity index (χ3v) is 6.09. The molecule has 0 saturated carbocycles. The summed E-state index contributed by atoms with van der Waals surface area (Å²) in [4.78, 5) is 27.8. The van der Waals surface area contributed by atoms with Crippen molar-refractivity contribution in [1.29, 1.82) is 0 Å². The van der Waals surface area contributed by atoms with E-state index < -0.39 is 5.97 Å². The summed E-state index contributed by atoms with van der Waals surface area (Å²) < 4.78 is 6.48. The molecule has 0 atom stereocenters. The second kappa shape index (κ2) is 7.14. The normalized spacial score (nSPS) is 10.7. The number of fused-ring (bicyclic) bond motifs is 1. The van der Waals surface area contributed by atoms with Crippen LogP contribution in [0.2, 0.25) is 0 Å². The number of benzene rings is 1. The van der Waals surface area contributed by atoms with Crippen molar-refractivity contribution in [3.63, 3.8) is 0 Å². The molecule has 0 aliphatic rings. The van der Waals surface area contributed by atoms with E-state index >= 15 is 0 Å². The minimum atomic E-state index is -0.858. The first-order chi connectivity index (χ1) is 13.1. The van der Waals surface area contributed by atoms with Gasteiger partial charge in [-0.3, -0.25) is 0 Å². The monoisotopic (exact) mass is 427 g/mol. The molecular weight excluding hydrogens is 413 g/mol. The van der Waals surface area contributed by atoms with Crippen LogP contribution < -0.4 is 10.1 Å². The van der Waals surface area contributed by atoms with Crippen LogP contribution >= 0.6 is 0 Å². The Morgan fingerprint density at radius 1 is 1.11 bits per heavy atom. The van der Waals surface area contributed by atoms with Gasteiger partial charge in [0.1, 0.15) is 0 Å². The summed E-state index contributed by atoms with van der Waals surface area (Å²) in [7, 11) is 1.51. The molecule has 1 aromatic carbocycles. The van der Waals surface area contributed by atoms with E-state index in [0.29, 0.717) is 22.0 Å². The van der Waals surface area contributed by atoms with E-state index in [2.05, 4.69) is 25.3 Å². The number of aromatic nitrogens is 4. The Balaban J connectivity index is 1.60. The second-order valence-electron chi connectivity index (χ2n) is 5.54. The average molecular weight is 426 g/mol. The summed E-state index contributed by atoms with van der Waals surface area (Å²) in [5, 5.41) is 13.3. The number of anilines is 2. The van der Waals surface area contributed by atoms with E-state index in [4.69, 9.17) is 9.84 Å². The van der Waals surface area contributed by atoms with Crippen LogP contribution in [0.1, 0.15) is 9.23 Å². The number of carboxylic acids is 1. The molecule has 0 radical (unpaired) electrons. The molecule has 0 fully saturated rings. The van der Waals surface area contributed by atoms with Crippen molar-refractivity contribution in [2.45, 2.75) is 0 Å². The number of hydrogen-bond acceptors (Lipinski definition) is 7. The van der Waals surface area contributed by atoms with Crippen LogP contribution in [0.5, 0.6) is 6.01 Å². The molecule has 0 bridgehead atoms. The number of nitrogens with one attached hydrogen (secondary N) is 1. The summed E-state index contributed by atoms with van der Waals surface area (Å²) in [6.07, 6.45) is 4.72. The van der Waals surface area contributed by atoms with E-state index in [0.717, 1.165) is 20.9 Å². The molecule has 0 aliphatic carbocycles. The van der Waals surface area contributed by atoms with Gasteiger partial charge in [-0.25, -0.2) is 0 Å². The first kappa shape index (κ1) is 17.1. The first-order valence-corrected chi connectivity index (χ1v) is 9.56. The number of aromatic carboxylic acids is 1. The minimum absolute atomic E-state index is 0.157. The van der Waals surface area contributed by atoms with Crippen molar-refractivity contribution in [2.75, 3.05) is 12.4 Å². The maximum absolute atomic E-state index is 11.2. The molecule has 2 N–H and O–H groups in total. The molecule has 0 spiro atoms. The number of ether oxygens (including phenoxy) is 1. The zero-order valence-electron chi connectivity index (χ0n) is 14.1. The molecule has 134 valence electrons. The summed E-state index contributed by atoms with van der Waals surface area (Å²) >= 11 is -0.157. The number of hydrogen-bond donors (Lipinski definition) is 2. The van der Waals surface area contributed by atoms with Crippen LogP contribution in [0.15, 0.2) is 49.1 Å². The molecule has 8 nitrogen and oxygen atoms in total. The molecule has 27 heavy (non-hydrogen) atoms. The summed E-state index contributed by atoms with van der Waals surface area (Å²) in [5.41, 5.74) is 2.24. The van der Waals surface area contributed by atoms with Crippen LogP contribution in [0.3, 0.4) is 0 Å². The third-order valence-electron chi connectivity index (χ3n) is 3.77. The van der Waals surface area contributed by atoms with Gasteiger partial charge in [-0.15, -0.1) is 0 Å². The SMILES string of the molecule is COc1ncc(-c2cc(Nc3ccc4[se]c(C(=O)O)cc4c3)ncn2)cn1. The molecule has 0 unspecified atom stereocenters. The quantitative estimate of drug-likeness (QED) is 0.469. The molecule has 4 aromatic rings. The second-order valence-corrected chi connectivity index (χ2v) is 7.81. The number of rotatable bonds is 5. The van der Waals surface area contributed by atoms with Gasteiger partial charge in [0.2, 0.25) is 0 Å². The Morgan fingerprint density at radius 3 is 2.67 bits per heavy atom. The molecule has 9 heteroatoms. The van der Waals surface area contributed by atoms with Crippen molar-refractivity contribution >= 4 is 41.6 Å². The summed E-state index contributed by atoms with van der Waals surface area (Å²) in [6.45, 7) is 0. The Bertz CT molecular complexity index is 1130. The van der Waals surface area contributed by atoms with Gasteiger partial charge in [-0.1, -0.05) is 0 Å². The van der Waals surface area contributed by atoms with E-state index in [-0.39, 0.29) is 14.5 Å². The fourth-order valence-electron chi connectivity index (χ4n) is 2.51. The molecule has 0 aliphatic heterocycles. The molecule has 3 heterocycles. The van der Waals surface area contributed by atoms with Crippen LogP contribution in [0.25, 0.3) is 20.9 Å². The van der Waals surface area contributed by atoms with Gasteiger partial charge < -0.3 is 4.74 Å². The van der Waals surface area contributed by atoms with E-state index in [1.165, 1.54) is 13.4 Å². The Hall–Kier alpha value is -3.29. The van der Waals surface area contributed by atoms with Gasteiger partial charge >= 0.3 is 148 Å². The number of nitrogens with zero attached hydrogens (tertiary/aromatic N) is 4. The van der Waals surface area contributed by atoms with Crippen molar-refractivity contribution in [2.24, 2.45) is 0 Å². The molecule has 3 aromatic heterocycles. The van der Waals surface area contributed by atoms with Crippen molar-refractivity contribution in [1.82, 2.24) is 19.9 Å². The van der Waals surface area contributed by atoms with E-state index in [1.54, 1.807) is 24.5 Å². The van der Waals surface area contributed by atoms with Crippen LogP contribution in [-0.2, 0) is 0 Å². The van der Waals surface area contributed by atoms with Crippen molar-refractivity contribution in [3.05, 3.63) is 53.5 Å². The summed E-state index contributed by atoms with van der Waals surface area (Å²) in [6, 6.07) is 9.59. The fourth-order valence-corrected chi connectivity index (χ4v) is 4.36. The Morgan fingerprint density at radius 2 is 1.93 bits per heavy atom. The van der Waals surface area contributed by atoms with E-state index in [9.17, 15) is 4.79 Å². The molecular formula is C18H13N5O3Se. The zero-order valence-corrected chi connectivity index (χ0v) is 15.8. The standard InChI is InChI=1S/C18H13N5O3Se/c1-26-18-19-7-11(8-20-18)13-6-16(22-9-21-13)23-12-2-3-14-10(4-12)5-15(27-14)17(24)25/h2-9H,1H3,(H,24,25)(H,21,22,23). The van der Waals surface area contributed by atoms with Crippen LogP contribution in [0, 0.1) is 0 Å². The van der Waals surface area contributed by atoms with Gasteiger partial charge in [-0.2, -0.15) is 0 Å². The van der Waals surface area contributed by atoms with E-state index in [1.807, 2.05) is 18.2 Å². The summed E-state index contributed by atoms with van der Waals surface area (Å²) in [5.74, 6) is -0.246. The van der Waals surface area contributed by atoms with Gasteiger partial charge in [-0.05, 0) is 0 Å².